The summed E-state index contributed by atoms with van der Waals surface area (Å²) >= 11 is 11.9. The number of halogens is 2. The van der Waals surface area contributed by atoms with Crippen molar-refractivity contribution in [2.45, 2.75) is 6.42 Å². The van der Waals surface area contributed by atoms with Gasteiger partial charge in [0.2, 0.25) is 0 Å². The molecule has 0 spiro atoms. The molecule has 0 radical (unpaired) electrons. The fraction of sp³-hybridized carbons (Fsp3) is 0.125. The van der Waals surface area contributed by atoms with Crippen molar-refractivity contribution in [3.05, 3.63) is 63.1 Å². The van der Waals surface area contributed by atoms with Crippen LogP contribution in [0.4, 0.5) is 5.69 Å². The third-order valence-corrected chi connectivity index (χ3v) is 4.03. The fourth-order valence-electron chi connectivity index (χ4n) is 2.36. The Kier molecular flexibility index (Phi) is 4.05. The first-order valence-corrected chi connectivity index (χ1v) is 7.48. The molecule has 1 aliphatic heterocycles. The summed E-state index contributed by atoms with van der Waals surface area (Å²) in [5, 5.41) is 6.26. The van der Waals surface area contributed by atoms with Crippen LogP contribution in [0.1, 0.15) is 26.3 Å². The molecule has 2 aromatic rings. The topological polar surface area (TPSA) is 58.2 Å². The summed E-state index contributed by atoms with van der Waals surface area (Å²) in [6.45, 7) is 0.635. The number of nitrogens with one attached hydrogen (secondary N) is 2. The summed E-state index contributed by atoms with van der Waals surface area (Å²) in [6.07, 6.45) is 0.787. The first-order chi connectivity index (χ1) is 10.5. The van der Waals surface area contributed by atoms with Crippen molar-refractivity contribution in [2.24, 2.45) is 0 Å². The fourth-order valence-corrected chi connectivity index (χ4v) is 2.73. The van der Waals surface area contributed by atoms with E-state index in [0.717, 1.165) is 12.0 Å². The molecule has 6 heteroatoms. The van der Waals surface area contributed by atoms with E-state index in [4.69, 9.17) is 23.2 Å². The molecular formula is C16H12Cl2N2O2. The maximum absolute atomic E-state index is 12.3. The zero-order chi connectivity index (χ0) is 15.7. The number of hydrogen-bond acceptors (Lipinski definition) is 2. The van der Waals surface area contributed by atoms with Crippen LogP contribution in [-0.2, 0) is 6.42 Å². The van der Waals surface area contributed by atoms with Gasteiger partial charge in [-0.15, -0.1) is 0 Å². The molecule has 2 amide bonds. The molecule has 2 aromatic carbocycles. The highest BCUT2D eigenvalue weighted by Crippen LogP contribution is 2.23. The normalized spacial score (nSPS) is 13.3. The van der Waals surface area contributed by atoms with E-state index in [9.17, 15) is 9.59 Å². The Morgan fingerprint density at radius 2 is 1.95 bits per heavy atom. The van der Waals surface area contributed by atoms with Crippen molar-refractivity contribution >= 4 is 40.7 Å². The molecule has 1 heterocycles. The predicted octanol–water partition coefficient (Wildman–Crippen LogP) is 3.53. The number of anilines is 1. The molecular weight excluding hydrogens is 323 g/mol. The average Bonchev–Trinajstić information content (AvgIpc) is 2.50. The molecule has 0 fully saturated rings. The van der Waals surface area contributed by atoms with Crippen molar-refractivity contribution in [3.63, 3.8) is 0 Å². The van der Waals surface area contributed by atoms with Crippen molar-refractivity contribution in [3.8, 4) is 0 Å². The van der Waals surface area contributed by atoms with Gasteiger partial charge in [-0.3, -0.25) is 9.59 Å². The van der Waals surface area contributed by atoms with Crippen LogP contribution in [-0.4, -0.2) is 18.4 Å². The smallest absolute Gasteiger partial charge is 0.257 e. The quantitative estimate of drug-likeness (QED) is 0.882. The molecule has 22 heavy (non-hydrogen) atoms. The van der Waals surface area contributed by atoms with E-state index in [0.29, 0.717) is 27.8 Å². The zero-order valence-corrected chi connectivity index (χ0v) is 13.0. The Morgan fingerprint density at radius 3 is 2.77 bits per heavy atom. The summed E-state index contributed by atoms with van der Waals surface area (Å²) in [5.74, 6) is -0.498. The molecule has 0 saturated heterocycles. The van der Waals surface area contributed by atoms with Gasteiger partial charge in [-0.1, -0.05) is 29.3 Å². The molecule has 0 aromatic heterocycles. The van der Waals surface area contributed by atoms with Crippen LogP contribution in [0.3, 0.4) is 0 Å². The predicted molar refractivity (Wildman–Crippen MR) is 86.9 cm³/mol. The Hall–Kier alpha value is -2.04. The SMILES string of the molecule is O=C(Nc1ccc2c(c1)C(=O)NCC2)c1cc(Cl)ccc1Cl. The molecule has 0 aliphatic carbocycles. The zero-order valence-electron chi connectivity index (χ0n) is 11.5. The van der Waals surface area contributed by atoms with Crippen molar-refractivity contribution < 1.29 is 9.59 Å². The Morgan fingerprint density at radius 1 is 1.14 bits per heavy atom. The van der Waals surface area contributed by atoms with Crippen LogP contribution in [0, 0.1) is 0 Å². The molecule has 0 saturated carbocycles. The van der Waals surface area contributed by atoms with Gasteiger partial charge in [-0.25, -0.2) is 0 Å². The van der Waals surface area contributed by atoms with Crippen LogP contribution in [0.5, 0.6) is 0 Å². The molecule has 0 unspecified atom stereocenters. The summed E-state index contributed by atoms with van der Waals surface area (Å²) in [7, 11) is 0. The molecule has 0 bridgehead atoms. The maximum Gasteiger partial charge on any atom is 0.257 e. The lowest BCUT2D eigenvalue weighted by Crippen LogP contribution is -2.31. The van der Waals surface area contributed by atoms with Gasteiger partial charge in [0.05, 0.1) is 10.6 Å². The molecule has 1 aliphatic rings. The molecule has 4 nitrogen and oxygen atoms in total. The number of hydrogen-bond donors (Lipinski definition) is 2. The van der Waals surface area contributed by atoms with Crippen LogP contribution in [0.25, 0.3) is 0 Å². The van der Waals surface area contributed by atoms with Crippen LogP contribution in [0.2, 0.25) is 10.0 Å². The van der Waals surface area contributed by atoms with E-state index in [1.165, 1.54) is 6.07 Å². The van der Waals surface area contributed by atoms with Crippen LogP contribution >= 0.6 is 23.2 Å². The van der Waals surface area contributed by atoms with Crippen molar-refractivity contribution in [1.29, 1.82) is 0 Å². The van der Waals surface area contributed by atoms with Gasteiger partial charge in [-0.05, 0) is 42.3 Å². The Balaban J connectivity index is 1.87. The summed E-state index contributed by atoms with van der Waals surface area (Å²) < 4.78 is 0. The number of amides is 2. The van der Waals surface area contributed by atoms with E-state index in [2.05, 4.69) is 10.6 Å². The lowest BCUT2D eigenvalue weighted by Gasteiger charge is -2.17. The molecule has 2 N–H and O–H groups in total. The van der Waals surface area contributed by atoms with E-state index >= 15 is 0 Å². The monoisotopic (exact) mass is 334 g/mol. The minimum Gasteiger partial charge on any atom is -0.352 e. The van der Waals surface area contributed by atoms with Gasteiger partial charge >= 0.3 is 0 Å². The number of carbonyl (C=O) groups excluding carboxylic acids is 2. The highest BCUT2D eigenvalue weighted by Gasteiger charge is 2.18. The number of rotatable bonds is 2. The number of benzene rings is 2. The standard InChI is InChI=1S/C16H12Cl2N2O2/c17-10-2-4-14(18)13(7-10)16(22)20-11-3-1-9-5-6-19-15(21)12(9)8-11/h1-4,7-8H,5-6H2,(H,19,21)(H,20,22). The summed E-state index contributed by atoms with van der Waals surface area (Å²) in [5.41, 5.74) is 2.39. The van der Waals surface area contributed by atoms with E-state index in [1.807, 2.05) is 6.07 Å². The average molecular weight is 335 g/mol. The number of carbonyl (C=O) groups is 2. The highest BCUT2D eigenvalue weighted by atomic mass is 35.5. The number of fused-ring (bicyclic) bond motifs is 1. The van der Waals surface area contributed by atoms with Crippen LogP contribution < -0.4 is 10.6 Å². The van der Waals surface area contributed by atoms with Gasteiger partial charge in [0.25, 0.3) is 11.8 Å². The molecule has 112 valence electrons. The summed E-state index contributed by atoms with van der Waals surface area (Å²) in [4.78, 5) is 24.1. The van der Waals surface area contributed by atoms with Gasteiger partial charge in [-0.2, -0.15) is 0 Å². The Bertz CT molecular complexity index is 775. The second kappa shape index (κ2) is 5.99. The van der Waals surface area contributed by atoms with Gasteiger partial charge < -0.3 is 10.6 Å². The van der Waals surface area contributed by atoms with E-state index in [-0.39, 0.29) is 17.4 Å². The van der Waals surface area contributed by atoms with E-state index in [1.54, 1.807) is 24.3 Å². The second-order valence-electron chi connectivity index (χ2n) is 4.96. The highest BCUT2D eigenvalue weighted by molar-refractivity contribution is 6.36. The third-order valence-electron chi connectivity index (χ3n) is 3.47. The Labute approximate surface area is 137 Å². The third kappa shape index (κ3) is 2.93. The van der Waals surface area contributed by atoms with Gasteiger partial charge in [0.1, 0.15) is 0 Å². The van der Waals surface area contributed by atoms with Crippen molar-refractivity contribution in [2.75, 3.05) is 11.9 Å². The van der Waals surface area contributed by atoms with Gasteiger partial charge in [0, 0.05) is 22.8 Å². The first-order valence-electron chi connectivity index (χ1n) is 6.72. The minimum absolute atomic E-state index is 0.127. The summed E-state index contributed by atoms with van der Waals surface area (Å²) in [6, 6.07) is 9.98. The lowest BCUT2D eigenvalue weighted by atomic mass is 10.00. The first kappa shape index (κ1) is 14.9. The second-order valence-corrected chi connectivity index (χ2v) is 5.80. The van der Waals surface area contributed by atoms with Crippen molar-refractivity contribution in [1.82, 2.24) is 5.32 Å². The maximum atomic E-state index is 12.3. The largest absolute Gasteiger partial charge is 0.352 e. The lowest BCUT2D eigenvalue weighted by molar-refractivity contribution is 0.0944. The molecule has 0 atom stereocenters. The van der Waals surface area contributed by atoms with E-state index < -0.39 is 0 Å². The van der Waals surface area contributed by atoms with Gasteiger partial charge in [0.15, 0.2) is 0 Å². The minimum atomic E-state index is -0.372. The molecule has 3 rings (SSSR count). The van der Waals surface area contributed by atoms with Crippen LogP contribution in [0.15, 0.2) is 36.4 Å².